The molecular weight excluding hydrogens is 343 g/mol. The predicted octanol–water partition coefficient (Wildman–Crippen LogP) is 4.12. The Morgan fingerprint density at radius 2 is 1.82 bits per heavy atom. The molecule has 0 fully saturated rings. The van der Waals surface area contributed by atoms with Gasteiger partial charge in [-0.05, 0) is 17.7 Å². The molecule has 0 spiro atoms. The Kier molecular flexibility index (Phi) is 3.11. The summed E-state index contributed by atoms with van der Waals surface area (Å²) in [6, 6.07) is 6.31. The van der Waals surface area contributed by atoms with Crippen LogP contribution >= 0.6 is 47.8 Å². The SMILES string of the molecule is Fc1cccc(C(Br)(Br)Br)c1. The maximum Gasteiger partial charge on any atom is 0.159 e. The molecule has 0 nitrogen and oxygen atoms in total. The minimum absolute atomic E-state index is 0.245. The van der Waals surface area contributed by atoms with Crippen molar-refractivity contribution in [2.24, 2.45) is 0 Å². The lowest BCUT2D eigenvalue weighted by Crippen LogP contribution is -1.97. The number of rotatable bonds is 0. The Morgan fingerprint density at radius 3 is 2.18 bits per heavy atom. The summed E-state index contributed by atoms with van der Waals surface area (Å²) in [6.45, 7) is 0. The molecule has 4 heteroatoms. The molecule has 0 atom stereocenters. The zero-order chi connectivity index (χ0) is 8.48. The number of benzene rings is 1. The summed E-state index contributed by atoms with van der Waals surface area (Å²) in [6.07, 6.45) is 0. The van der Waals surface area contributed by atoms with Crippen molar-refractivity contribution in [3.8, 4) is 0 Å². The molecule has 1 rings (SSSR count). The molecule has 0 unspecified atom stereocenters. The second kappa shape index (κ2) is 3.54. The third kappa shape index (κ3) is 2.84. The fraction of sp³-hybridized carbons (Fsp3) is 0.143. The minimum atomic E-state index is -0.519. The average molecular weight is 347 g/mol. The first kappa shape index (κ1) is 9.68. The summed E-state index contributed by atoms with van der Waals surface area (Å²) in [4.78, 5) is 0. The van der Waals surface area contributed by atoms with E-state index in [1.165, 1.54) is 12.1 Å². The summed E-state index contributed by atoms with van der Waals surface area (Å²) in [5.74, 6) is -0.245. The Hall–Kier alpha value is 0.590. The lowest BCUT2D eigenvalue weighted by atomic mass is 10.2. The van der Waals surface area contributed by atoms with Crippen molar-refractivity contribution in [2.45, 2.75) is 2.14 Å². The van der Waals surface area contributed by atoms with Gasteiger partial charge in [0.15, 0.2) is 2.14 Å². The second-order valence-corrected chi connectivity index (χ2v) is 8.77. The van der Waals surface area contributed by atoms with E-state index in [2.05, 4.69) is 47.8 Å². The van der Waals surface area contributed by atoms with Crippen LogP contribution in [0.15, 0.2) is 24.3 Å². The first-order valence-corrected chi connectivity index (χ1v) is 5.21. The van der Waals surface area contributed by atoms with Crippen LogP contribution in [-0.2, 0) is 2.14 Å². The molecule has 0 amide bonds. The third-order valence-electron chi connectivity index (χ3n) is 1.15. The van der Waals surface area contributed by atoms with Crippen LogP contribution in [0, 0.1) is 5.82 Å². The first-order valence-electron chi connectivity index (χ1n) is 2.83. The molecule has 11 heavy (non-hydrogen) atoms. The van der Waals surface area contributed by atoms with Gasteiger partial charge < -0.3 is 0 Å². The molecular formula is C7H4Br3F. The topological polar surface area (TPSA) is 0 Å². The monoisotopic (exact) mass is 344 g/mol. The molecule has 0 heterocycles. The molecule has 0 aliphatic heterocycles. The van der Waals surface area contributed by atoms with Crippen molar-refractivity contribution >= 4 is 47.8 Å². The standard InChI is InChI=1S/C7H4Br3F/c8-7(9,10)5-2-1-3-6(11)4-5/h1-4H. The Balaban J connectivity index is 3.06. The van der Waals surface area contributed by atoms with Crippen LogP contribution in [0.4, 0.5) is 4.39 Å². The highest BCUT2D eigenvalue weighted by atomic mass is 80.0. The van der Waals surface area contributed by atoms with Crippen LogP contribution < -0.4 is 0 Å². The summed E-state index contributed by atoms with van der Waals surface area (Å²) in [5.41, 5.74) is 0.789. The summed E-state index contributed by atoms with van der Waals surface area (Å²) in [5, 5.41) is 0. The van der Waals surface area contributed by atoms with E-state index in [1.54, 1.807) is 12.1 Å². The largest absolute Gasteiger partial charge is 0.207 e. The van der Waals surface area contributed by atoms with Crippen LogP contribution in [-0.4, -0.2) is 0 Å². The van der Waals surface area contributed by atoms with Gasteiger partial charge >= 0.3 is 0 Å². The minimum Gasteiger partial charge on any atom is -0.207 e. The molecule has 0 aromatic heterocycles. The molecule has 0 saturated heterocycles. The van der Waals surface area contributed by atoms with E-state index in [0.29, 0.717) is 0 Å². The van der Waals surface area contributed by atoms with Gasteiger partial charge in [-0.3, -0.25) is 0 Å². The fourth-order valence-electron chi connectivity index (χ4n) is 0.665. The zero-order valence-electron chi connectivity index (χ0n) is 5.32. The first-order chi connectivity index (χ1) is 5.00. The molecule has 0 aliphatic carbocycles. The van der Waals surface area contributed by atoms with E-state index < -0.39 is 2.14 Å². The van der Waals surface area contributed by atoms with E-state index in [9.17, 15) is 4.39 Å². The molecule has 0 saturated carbocycles. The highest BCUT2D eigenvalue weighted by Crippen LogP contribution is 2.44. The van der Waals surface area contributed by atoms with Crippen molar-refractivity contribution in [1.29, 1.82) is 0 Å². The fourth-order valence-corrected chi connectivity index (χ4v) is 1.40. The smallest absolute Gasteiger partial charge is 0.159 e. The van der Waals surface area contributed by atoms with Gasteiger partial charge in [-0.2, -0.15) is 0 Å². The summed E-state index contributed by atoms with van der Waals surface area (Å²) < 4.78 is 12.1. The molecule has 60 valence electrons. The number of alkyl halides is 3. The van der Waals surface area contributed by atoms with Gasteiger partial charge in [-0.1, -0.05) is 59.9 Å². The van der Waals surface area contributed by atoms with Gasteiger partial charge in [0.2, 0.25) is 0 Å². The zero-order valence-corrected chi connectivity index (χ0v) is 10.1. The predicted molar refractivity (Wildman–Crippen MR) is 54.9 cm³/mol. The maximum atomic E-state index is 12.6. The molecule has 1 aromatic rings. The van der Waals surface area contributed by atoms with Crippen LogP contribution in [0.2, 0.25) is 0 Å². The van der Waals surface area contributed by atoms with Gasteiger partial charge in [0, 0.05) is 0 Å². The molecule has 1 aromatic carbocycles. The van der Waals surface area contributed by atoms with Crippen LogP contribution in [0.1, 0.15) is 5.56 Å². The number of halogens is 4. The highest BCUT2D eigenvalue weighted by molar-refractivity contribution is 9.38. The van der Waals surface area contributed by atoms with Gasteiger partial charge in [0.1, 0.15) is 5.82 Å². The Labute approximate surface area is 89.6 Å². The Morgan fingerprint density at radius 1 is 1.18 bits per heavy atom. The quantitative estimate of drug-likeness (QED) is 0.620. The second-order valence-electron chi connectivity index (χ2n) is 2.01. The molecule has 0 aliphatic rings. The van der Waals surface area contributed by atoms with Crippen molar-refractivity contribution in [2.75, 3.05) is 0 Å². The van der Waals surface area contributed by atoms with Crippen molar-refractivity contribution in [1.82, 2.24) is 0 Å². The van der Waals surface area contributed by atoms with E-state index in [1.807, 2.05) is 0 Å². The van der Waals surface area contributed by atoms with Crippen molar-refractivity contribution in [3.63, 3.8) is 0 Å². The van der Waals surface area contributed by atoms with Crippen molar-refractivity contribution in [3.05, 3.63) is 35.6 Å². The molecule has 0 bridgehead atoms. The van der Waals surface area contributed by atoms with Crippen LogP contribution in [0.3, 0.4) is 0 Å². The summed E-state index contributed by atoms with van der Waals surface area (Å²) in [7, 11) is 0. The lowest BCUT2D eigenvalue weighted by Gasteiger charge is -2.11. The van der Waals surface area contributed by atoms with Gasteiger partial charge in [-0.15, -0.1) is 0 Å². The lowest BCUT2D eigenvalue weighted by molar-refractivity contribution is 0.626. The van der Waals surface area contributed by atoms with E-state index >= 15 is 0 Å². The van der Waals surface area contributed by atoms with E-state index in [-0.39, 0.29) is 5.82 Å². The van der Waals surface area contributed by atoms with Crippen LogP contribution in [0.5, 0.6) is 0 Å². The average Bonchev–Trinajstić information content (AvgIpc) is 1.86. The van der Waals surface area contributed by atoms with E-state index in [4.69, 9.17) is 0 Å². The van der Waals surface area contributed by atoms with Gasteiger partial charge in [-0.25, -0.2) is 4.39 Å². The Bertz CT molecular complexity index is 254. The molecule has 0 N–H and O–H groups in total. The number of hydrogen-bond donors (Lipinski definition) is 0. The normalized spacial score (nSPS) is 11.6. The van der Waals surface area contributed by atoms with Crippen LogP contribution in [0.25, 0.3) is 0 Å². The summed E-state index contributed by atoms with van der Waals surface area (Å²) >= 11 is 9.86. The molecule has 0 radical (unpaired) electrons. The van der Waals surface area contributed by atoms with Gasteiger partial charge in [0.25, 0.3) is 0 Å². The maximum absolute atomic E-state index is 12.6. The third-order valence-corrected chi connectivity index (χ3v) is 2.53. The van der Waals surface area contributed by atoms with E-state index in [0.717, 1.165) is 5.56 Å². The highest BCUT2D eigenvalue weighted by Gasteiger charge is 2.20. The van der Waals surface area contributed by atoms with Gasteiger partial charge in [0.05, 0.1) is 0 Å². The number of hydrogen-bond acceptors (Lipinski definition) is 0. The van der Waals surface area contributed by atoms with Crippen molar-refractivity contribution < 1.29 is 4.39 Å².